The first-order valence-electron chi connectivity index (χ1n) is 6.84. The molecule has 110 valence electrons. The van der Waals surface area contributed by atoms with Gasteiger partial charge in [-0.15, -0.1) is 0 Å². The SMILES string of the molecule is CCC1CN(C)CCCN1C(=O)c1ccc(Cl)nc1Cl. The van der Waals surface area contributed by atoms with Crippen LogP contribution in [0.2, 0.25) is 10.3 Å². The molecule has 1 amide bonds. The summed E-state index contributed by atoms with van der Waals surface area (Å²) >= 11 is 11.8. The van der Waals surface area contributed by atoms with E-state index in [1.165, 1.54) is 0 Å². The number of pyridine rings is 1. The normalized spacial score (nSPS) is 20.8. The maximum atomic E-state index is 12.7. The molecule has 0 aromatic carbocycles. The van der Waals surface area contributed by atoms with E-state index in [4.69, 9.17) is 23.2 Å². The van der Waals surface area contributed by atoms with Gasteiger partial charge < -0.3 is 9.80 Å². The highest BCUT2D eigenvalue weighted by Gasteiger charge is 2.28. The van der Waals surface area contributed by atoms with E-state index in [1.54, 1.807) is 12.1 Å². The van der Waals surface area contributed by atoms with Crippen molar-refractivity contribution in [1.29, 1.82) is 0 Å². The lowest BCUT2D eigenvalue weighted by Crippen LogP contribution is -2.43. The number of aromatic nitrogens is 1. The molecule has 1 unspecified atom stereocenters. The highest BCUT2D eigenvalue weighted by molar-refractivity contribution is 6.34. The zero-order valence-corrected chi connectivity index (χ0v) is 13.3. The van der Waals surface area contributed by atoms with Gasteiger partial charge in [0.2, 0.25) is 0 Å². The summed E-state index contributed by atoms with van der Waals surface area (Å²) in [6, 6.07) is 3.47. The molecule has 0 spiro atoms. The van der Waals surface area contributed by atoms with Crippen LogP contribution in [0.1, 0.15) is 30.1 Å². The van der Waals surface area contributed by atoms with Crippen molar-refractivity contribution in [3.8, 4) is 0 Å². The first kappa shape index (κ1) is 15.5. The van der Waals surface area contributed by atoms with Crippen molar-refractivity contribution in [2.24, 2.45) is 0 Å². The van der Waals surface area contributed by atoms with Crippen molar-refractivity contribution in [2.45, 2.75) is 25.8 Å². The molecule has 1 atom stereocenters. The van der Waals surface area contributed by atoms with Gasteiger partial charge in [-0.25, -0.2) is 4.98 Å². The monoisotopic (exact) mass is 315 g/mol. The van der Waals surface area contributed by atoms with Crippen molar-refractivity contribution in [2.75, 3.05) is 26.7 Å². The molecule has 0 N–H and O–H groups in total. The smallest absolute Gasteiger partial charge is 0.257 e. The summed E-state index contributed by atoms with van der Waals surface area (Å²) in [4.78, 5) is 20.8. The lowest BCUT2D eigenvalue weighted by atomic mass is 10.1. The highest BCUT2D eigenvalue weighted by Crippen LogP contribution is 2.21. The molecular weight excluding hydrogens is 297 g/mol. The molecular formula is C14H19Cl2N3O. The summed E-state index contributed by atoms with van der Waals surface area (Å²) in [5.41, 5.74) is 0.430. The first-order valence-corrected chi connectivity index (χ1v) is 7.60. The van der Waals surface area contributed by atoms with Gasteiger partial charge in [0.1, 0.15) is 10.3 Å². The number of likely N-dealkylation sites (N-methyl/N-ethyl adjacent to an activating group) is 1. The van der Waals surface area contributed by atoms with E-state index < -0.39 is 0 Å². The fourth-order valence-corrected chi connectivity index (χ4v) is 3.01. The standard InChI is InChI=1S/C14H19Cl2N3O/c1-3-10-9-18(2)7-4-8-19(10)14(20)11-5-6-12(15)17-13(11)16/h5-6,10H,3-4,7-9H2,1-2H3. The van der Waals surface area contributed by atoms with E-state index in [0.29, 0.717) is 10.7 Å². The minimum atomic E-state index is -0.0543. The summed E-state index contributed by atoms with van der Waals surface area (Å²) < 4.78 is 0. The third-order valence-corrected chi connectivity index (χ3v) is 4.18. The molecule has 1 fully saturated rings. The first-order chi connectivity index (χ1) is 9.52. The molecule has 0 saturated carbocycles. The molecule has 1 saturated heterocycles. The molecule has 0 bridgehead atoms. The Labute approximate surface area is 129 Å². The molecule has 1 aromatic rings. The Kier molecular flexibility index (Phi) is 5.24. The molecule has 2 rings (SSSR count). The van der Waals surface area contributed by atoms with Crippen LogP contribution in [0.15, 0.2) is 12.1 Å². The fraction of sp³-hybridized carbons (Fsp3) is 0.571. The van der Waals surface area contributed by atoms with Crippen molar-refractivity contribution in [1.82, 2.24) is 14.8 Å². The van der Waals surface area contributed by atoms with Crippen LogP contribution in [0.3, 0.4) is 0 Å². The van der Waals surface area contributed by atoms with Crippen molar-refractivity contribution >= 4 is 29.1 Å². The van der Waals surface area contributed by atoms with Crippen LogP contribution >= 0.6 is 23.2 Å². The van der Waals surface area contributed by atoms with Gasteiger partial charge in [0.15, 0.2) is 0 Å². The average molecular weight is 316 g/mol. The number of hydrogen-bond acceptors (Lipinski definition) is 3. The number of halogens is 2. The van der Waals surface area contributed by atoms with Crippen molar-refractivity contribution in [3.05, 3.63) is 28.0 Å². The zero-order valence-electron chi connectivity index (χ0n) is 11.8. The Morgan fingerprint density at radius 1 is 1.40 bits per heavy atom. The van der Waals surface area contributed by atoms with Gasteiger partial charge in [0, 0.05) is 19.1 Å². The lowest BCUT2D eigenvalue weighted by molar-refractivity contribution is 0.0675. The summed E-state index contributed by atoms with van der Waals surface area (Å²) in [7, 11) is 2.09. The summed E-state index contributed by atoms with van der Waals surface area (Å²) in [6.45, 7) is 4.75. The predicted molar refractivity (Wildman–Crippen MR) is 81.5 cm³/mol. The molecule has 1 aromatic heterocycles. The third kappa shape index (κ3) is 3.43. The molecule has 2 heterocycles. The van der Waals surface area contributed by atoms with Gasteiger partial charge in [-0.1, -0.05) is 30.1 Å². The molecule has 6 heteroatoms. The number of carbonyl (C=O) groups excluding carboxylic acids is 1. The number of hydrogen-bond donors (Lipinski definition) is 0. The van der Waals surface area contributed by atoms with Crippen molar-refractivity contribution in [3.63, 3.8) is 0 Å². The fourth-order valence-electron chi connectivity index (χ4n) is 2.59. The quantitative estimate of drug-likeness (QED) is 0.787. The van der Waals surface area contributed by atoms with Crippen LogP contribution in [0, 0.1) is 0 Å². The molecule has 1 aliphatic heterocycles. The maximum Gasteiger partial charge on any atom is 0.257 e. The molecule has 1 aliphatic rings. The van der Waals surface area contributed by atoms with Crippen LogP contribution in [-0.2, 0) is 0 Å². The van der Waals surface area contributed by atoms with Crippen LogP contribution in [0.4, 0.5) is 0 Å². The van der Waals surface area contributed by atoms with Gasteiger partial charge in [-0.05, 0) is 38.6 Å². The van der Waals surface area contributed by atoms with Gasteiger partial charge >= 0.3 is 0 Å². The Hall–Kier alpha value is -0.840. The molecule has 4 nitrogen and oxygen atoms in total. The van der Waals surface area contributed by atoms with Crippen molar-refractivity contribution < 1.29 is 4.79 Å². The second-order valence-corrected chi connectivity index (χ2v) is 5.89. The minimum absolute atomic E-state index is 0.0543. The Morgan fingerprint density at radius 3 is 2.80 bits per heavy atom. The van der Waals surface area contributed by atoms with E-state index in [0.717, 1.165) is 32.5 Å². The Balaban J connectivity index is 2.25. The predicted octanol–water partition coefficient (Wildman–Crippen LogP) is 2.94. The van der Waals surface area contributed by atoms with E-state index in [9.17, 15) is 4.79 Å². The summed E-state index contributed by atoms with van der Waals surface area (Å²) in [6.07, 6.45) is 1.89. The second kappa shape index (κ2) is 6.74. The van der Waals surface area contributed by atoms with E-state index in [1.807, 2.05) is 4.90 Å². The molecule has 20 heavy (non-hydrogen) atoms. The van der Waals surface area contributed by atoms with E-state index in [2.05, 4.69) is 23.9 Å². The van der Waals surface area contributed by atoms with Crippen LogP contribution in [0.5, 0.6) is 0 Å². The van der Waals surface area contributed by atoms with Gasteiger partial charge in [0.25, 0.3) is 5.91 Å². The molecule has 0 radical (unpaired) electrons. The number of amides is 1. The molecule has 0 aliphatic carbocycles. The van der Waals surface area contributed by atoms with Gasteiger partial charge in [-0.2, -0.15) is 0 Å². The minimum Gasteiger partial charge on any atom is -0.334 e. The average Bonchev–Trinajstić information content (AvgIpc) is 2.59. The van der Waals surface area contributed by atoms with E-state index in [-0.39, 0.29) is 17.1 Å². The maximum absolute atomic E-state index is 12.7. The lowest BCUT2D eigenvalue weighted by Gasteiger charge is -2.30. The topological polar surface area (TPSA) is 36.4 Å². The van der Waals surface area contributed by atoms with Crippen LogP contribution in [0.25, 0.3) is 0 Å². The van der Waals surface area contributed by atoms with Gasteiger partial charge in [0.05, 0.1) is 5.56 Å². The Morgan fingerprint density at radius 2 is 2.15 bits per heavy atom. The number of nitrogens with zero attached hydrogens (tertiary/aromatic N) is 3. The third-order valence-electron chi connectivity index (χ3n) is 3.68. The van der Waals surface area contributed by atoms with Crippen LogP contribution < -0.4 is 0 Å². The van der Waals surface area contributed by atoms with Crippen LogP contribution in [-0.4, -0.2) is 53.4 Å². The van der Waals surface area contributed by atoms with E-state index >= 15 is 0 Å². The summed E-state index contributed by atoms with van der Waals surface area (Å²) in [5, 5.41) is 0.476. The number of carbonyl (C=O) groups is 1. The highest BCUT2D eigenvalue weighted by atomic mass is 35.5. The zero-order chi connectivity index (χ0) is 14.7. The second-order valence-electron chi connectivity index (χ2n) is 5.15. The number of rotatable bonds is 2. The largest absolute Gasteiger partial charge is 0.334 e. The van der Waals surface area contributed by atoms with Gasteiger partial charge in [-0.3, -0.25) is 4.79 Å². The summed E-state index contributed by atoms with van der Waals surface area (Å²) in [5.74, 6) is -0.0543. The Bertz CT molecular complexity index is 495.